The Hall–Kier alpha value is -1.49. The van der Waals surface area contributed by atoms with Crippen LogP contribution in [0.2, 0.25) is 0 Å². The average Bonchev–Trinajstić information content (AvgIpc) is 2.52. The van der Waals surface area contributed by atoms with Crippen molar-refractivity contribution in [1.29, 1.82) is 0 Å². The molecule has 0 radical (unpaired) electrons. The first-order chi connectivity index (χ1) is 11.5. The highest BCUT2D eigenvalue weighted by Crippen LogP contribution is 2.29. The third-order valence-electron chi connectivity index (χ3n) is 4.82. The standard InChI is InChI=1S/C19H28N2O2S/c1-13-6-4-8-16(10-13)20-18(22)11-24-12-19(23)21-17-9-5-7-14(2)15(17)3/h4,6,8,10,14-15,17H,5,7,9,11-12H2,1-3H3,(H,20,22)(H,21,23)/t14-,15-,17+/m0/s1. The Morgan fingerprint density at radius 1 is 1.17 bits per heavy atom. The summed E-state index contributed by atoms with van der Waals surface area (Å²) in [4.78, 5) is 24.0. The molecule has 1 aromatic rings. The molecule has 5 heteroatoms. The lowest BCUT2D eigenvalue weighted by Crippen LogP contribution is -2.44. The average molecular weight is 349 g/mol. The van der Waals surface area contributed by atoms with E-state index in [4.69, 9.17) is 0 Å². The van der Waals surface area contributed by atoms with Crippen molar-refractivity contribution < 1.29 is 9.59 Å². The molecule has 4 nitrogen and oxygen atoms in total. The lowest BCUT2D eigenvalue weighted by atomic mass is 9.78. The molecule has 0 heterocycles. The van der Waals surface area contributed by atoms with Crippen LogP contribution in [0, 0.1) is 18.8 Å². The number of nitrogens with one attached hydrogen (secondary N) is 2. The Morgan fingerprint density at radius 3 is 2.67 bits per heavy atom. The van der Waals surface area contributed by atoms with Gasteiger partial charge in [-0.25, -0.2) is 0 Å². The molecule has 132 valence electrons. The molecule has 2 rings (SSSR count). The van der Waals surface area contributed by atoms with E-state index in [9.17, 15) is 9.59 Å². The predicted octanol–water partition coefficient (Wildman–Crippen LogP) is 3.61. The van der Waals surface area contributed by atoms with E-state index in [0.29, 0.717) is 17.6 Å². The Bertz CT molecular complexity index is 576. The maximum absolute atomic E-state index is 12.1. The first-order valence-corrected chi connectivity index (χ1v) is 9.85. The quantitative estimate of drug-likeness (QED) is 0.826. The molecule has 2 amide bonds. The number of anilines is 1. The minimum Gasteiger partial charge on any atom is -0.352 e. The number of amides is 2. The van der Waals surface area contributed by atoms with Gasteiger partial charge in [0.25, 0.3) is 0 Å². The van der Waals surface area contributed by atoms with Gasteiger partial charge in [0.05, 0.1) is 11.5 Å². The summed E-state index contributed by atoms with van der Waals surface area (Å²) < 4.78 is 0. The second kappa shape index (κ2) is 9.11. The van der Waals surface area contributed by atoms with Crippen molar-refractivity contribution in [3.8, 4) is 0 Å². The number of rotatable bonds is 6. The van der Waals surface area contributed by atoms with E-state index in [1.54, 1.807) is 0 Å². The van der Waals surface area contributed by atoms with Gasteiger partial charge >= 0.3 is 0 Å². The summed E-state index contributed by atoms with van der Waals surface area (Å²) in [5, 5.41) is 6.00. The number of hydrogen-bond donors (Lipinski definition) is 2. The molecule has 1 aliphatic carbocycles. The van der Waals surface area contributed by atoms with E-state index in [-0.39, 0.29) is 23.6 Å². The summed E-state index contributed by atoms with van der Waals surface area (Å²) in [6.07, 6.45) is 3.50. The van der Waals surface area contributed by atoms with Crippen molar-refractivity contribution >= 4 is 29.3 Å². The molecule has 1 aromatic carbocycles. The Kier molecular flexibility index (Phi) is 7.16. The van der Waals surface area contributed by atoms with E-state index >= 15 is 0 Å². The molecule has 0 aliphatic heterocycles. The zero-order chi connectivity index (χ0) is 17.5. The number of thioether (sulfide) groups is 1. The van der Waals surface area contributed by atoms with Crippen LogP contribution in [0.5, 0.6) is 0 Å². The Balaban J connectivity index is 1.67. The number of carbonyl (C=O) groups excluding carboxylic acids is 2. The third kappa shape index (κ3) is 5.86. The van der Waals surface area contributed by atoms with Crippen LogP contribution in [0.15, 0.2) is 24.3 Å². The van der Waals surface area contributed by atoms with Crippen molar-refractivity contribution in [2.24, 2.45) is 11.8 Å². The summed E-state index contributed by atoms with van der Waals surface area (Å²) in [5.74, 6) is 1.78. The SMILES string of the molecule is Cc1cccc(NC(=O)CSCC(=O)N[C@@H]2CCC[C@H](C)[C@@H]2C)c1. The van der Waals surface area contributed by atoms with Gasteiger partial charge in [-0.2, -0.15) is 0 Å². The van der Waals surface area contributed by atoms with Crippen molar-refractivity contribution in [3.05, 3.63) is 29.8 Å². The van der Waals surface area contributed by atoms with Crippen LogP contribution >= 0.6 is 11.8 Å². The molecule has 1 saturated carbocycles. The maximum Gasteiger partial charge on any atom is 0.234 e. The fraction of sp³-hybridized carbons (Fsp3) is 0.579. The second-order valence-electron chi connectivity index (χ2n) is 6.85. The maximum atomic E-state index is 12.1. The van der Waals surface area contributed by atoms with E-state index < -0.39 is 0 Å². The van der Waals surface area contributed by atoms with Crippen LogP contribution in [0.4, 0.5) is 5.69 Å². The molecule has 0 bridgehead atoms. The minimum absolute atomic E-state index is 0.0364. The van der Waals surface area contributed by atoms with Gasteiger partial charge in [0.1, 0.15) is 0 Å². The predicted molar refractivity (Wildman–Crippen MR) is 101 cm³/mol. The number of carbonyl (C=O) groups is 2. The van der Waals surface area contributed by atoms with Crippen molar-refractivity contribution in [3.63, 3.8) is 0 Å². The molecule has 0 spiro atoms. The summed E-state index contributed by atoms with van der Waals surface area (Å²) in [7, 11) is 0. The molecule has 2 N–H and O–H groups in total. The monoisotopic (exact) mass is 348 g/mol. The highest BCUT2D eigenvalue weighted by Gasteiger charge is 2.27. The fourth-order valence-electron chi connectivity index (χ4n) is 3.19. The third-order valence-corrected chi connectivity index (χ3v) is 5.75. The summed E-state index contributed by atoms with van der Waals surface area (Å²) >= 11 is 1.36. The number of benzene rings is 1. The first kappa shape index (κ1) is 18.8. The van der Waals surface area contributed by atoms with Crippen molar-refractivity contribution in [2.45, 2.75) is 46.1 Å². The topological polar surface area (TPSA) is 58.2 Å². The number of hydrogen-bond acceptors (Lipinski definition) is 3. The molecular weight excluding hydrogens is 320 g/mol. The Morgan fingerprint density at radius 2 is 1.92 bits per heavy atom. The van der Waals surface area contributed by atoms with Gasteiger partial charge in [-0.3, -0.25) is 9.59 Å². The van der Waals surface area contributed by atoms with Crippen molar-refractivity contribution in [2.75, 3.05) is 16.8 Å². The minimum atomic E-state index is -0.0712. The van der Waals surface area contributed by atoms with Crippen LogP contribution in [-0.4, -0.2) is 29.4 Å². The van der Waals surface area contributed by atoms with E-state index in [1.807, 2.05) is 31.2 Å². The molecule has 24 heavy (non-hydrogen) atoms. The van der Waals surface area contributed by atoms with Gasteiger partial charge in [0, 0.05) is 11.7 Å². The first-order valence-electron chi connectivity index (χ1n) is 8.69. The Labute approximate surface area is 149 Å². The smallest absolute Gasteiger partial charge is 0.234 e. The molecule has 3 atom stereocenters. The highest BCUT2D eigenvalue weighted by atomic mass is 32.2. The van der Waals surface area contributed by atoms with Crippen LogP contribution in [0.25, 0.3) is 0 Å². The largest absolute Gasteiger partial charge is 0.352 e. The lowest BCUT2D eigenvalue weighted by molar-refractivity contribution is -0.120. The van der Waals surface area contributed by atoms with E-state index in [2.05, 4.69) is 24.5 Å². The molecule has 0 unspecified atom stereocenters. The summed E-state index contributed by atoms with van der Waals surface area (Å²) in [6, 6.07) is 7.98. The van der Waals surface area contributed by atoms with E-state index in [1.165, 1.54) is 24.6 Å². The van der Waals surface area contributed by atoms with Gasteiger partial charge in [-0.05, 0) is 42.9 Å². The van der Waals surface area contributed by atoms with Crippen LogP contribution < -0.4 is 10.6 Å². The summed E-state index contributed by atoms with van der Waals surface area (Å²) in [5.41, 5.74) is 1.91. The van der Waals surface area contributed by atoms with Crippen molar-refractivity contribution in [1.82, 2.24) is 5.32 Å². The number of aryl methyl sites for hydroxylation is 1. The van der Waals surface area contributed by atoms with Gasteiger partial charge < -0.3 is 10.6 Å². The molecule has 0 aromatic heterocycles. The van der Waals surface area contributed by atoms with Gasteiger partial charge in [0.2, 0.25) is 11.8 Å². The zero-order valence-corrected chi connectivity index (χ0v) is 15.6. The second-order valence-corrected chi connectivity index (χ2v) is 7.84. The lowest BCUT2D eigenvalue weighted by Gasteiger charge is -2.34. The highest BCUT2D eigenvalue weighted by molar-refractivity contribution is 8.00. The van der Waals surface area contributed by atoms with Gasteiger partial charge in [-0.1, -0.05) is 38.8 Å². The molecule has 1 aliphatic rings. The van der Waals surface area contributed by atoms with E-state index in [0.717, 1.165) is 17.7 Å². The van der Waals surface area contributed by atoms with Gasteiger partial charge in [-0.15, -0.1) is 11.8 Å². The molecule has 0 saturated heterocycles. The van der Waals surface area contributed by atoms with Gasteiger partial charge in [0.15, 0.2) is 0 Å². The zero-order valence-electron chi connectivity index (χ0n) is 14.8. The van der Waals surface area contributed by atoms with Crippen LogP contribution in [0.3, 0.4) is 0 Å². The summed E-state index contributed by atoms with van der Waals surface area (Å²) in [6.45, 7) is 6.46. The van der Waals surface area contributed by atoms with Crippen LogP contribution in [-0.2, 0) is 9.59 Å². The molecule has 1 fully saturated rings. The normalized spacial score (nSPS) is 23.5. The fourth-order valence-corrected chi connectivity index (χ4v) is 3.82. The molecular formula is C19H28N2O2S. The van der Waals surface area contributed by atoms with Crippen LogP contribution in [0.1, 0.15) is 38.7 Å².